The maximum Gasteiger partial charge on any atom is 0.255 e. The smallest absolute Gasteiger partial charge is 0.255 e. The lowest BCUT2D eigenvalue weighted by molar-refractivity contribution is 0.0920. The van der Waals surface area contributed by atoms with E-state index in [1.807, 2.05) is 36.4 Å². The van der Waals surface area contributed by atoms with Crippen molar-refractivity contribution in [2.45, 2.75) is 31.7 Å². The molecule has 2 aromatic carbocycles. The Bertz CT molecular complexity index is 724. The summed E-state index contributed by atoms with van der Waals surface area (Å²) in [5.41, 5.74) is 0.643. The second-order valence-electron chi connectivity index (χ2n) is 6.65. The number of rotatable bonds is 3. The van der Waals surface area contributed by atoms with E-state index in [4.69, 9.17) is 4.74 Å². The van der Waals surface area contributed by atoms with Crippen molar-refractivity contribution in [3.8, 4) is 5.75 Å². The van der Waals surface area contributed by atoms with Crippen LogP contribution in [0.2, 0.25) is 0 Å². The Morgan fingerprint density at radius 2 is 1.91 bits per heavy atom. The first kappa shape index (κ1) is 13.6. The van der Waals surface area contributed by atoms with Crippen molar-refractivity contribution in [1.82, 2.24) is 5.32 Å². The number of carbonyl (C=O) groups is 1. The van der Waals surface area contributed by atoms with Gasteiger partial charge < -0.3 is 10.1 Å². The number of hydrogen-bond acceptors (Lipinski definition) is 2. The van der Waals surface area contributed by atoms with Crippen molar-refractivity contribution >= 4 is 16.7 Å². The number of methoxy groups -OCH3 is 1. The molecule has 2 aromatic rings. The predicted molar refractivity (Wildman–Crippen MR) is 87.2 cm³/mol. The fourth-order valence-corrected chi connectivity index (χ4v) is 4.23. The highest BCUT2D eigenvalue weighted by Gasteiger charge is 2.40. The van der Waals surface area contributed by atoms with Crippen molar-refractivity contribution in [3.63, 3.8) is 0 Å². The molecule has 0 aromatic heterocycles. The Hall–Kier alpha value is -2.03. The van der Waals surface area contributed by atoms with E-state index < -0.39 is 0 Å². The molecule has 0 aliphatic heterocycles. The van der Waals surface area contributed by atoms with Crippen LogP contribution in [0.3, 0.4) is 0 Å². The fraction of sp³-hybridized carbons (Fsp3) is 0.421. The van der Waals surface area contributed by atoms with E-state index in [-0.39, 0.29) is 5.91 Å². The minimum absolute atomic E-state index is 0.000142. The number of nitrogens with one attached hydrogen (secondary N) is 1. The highest BCUT2D eigenvalue weighted by atomic mass is 16.5. The van der Waals surface area contributed by atoms with Crippen LogP contribution in [0.25, 0.3) is 10.8 Å². The van der Waals surface area contributed by atoms with E-state index >= 15 is 0 Å². The third-order valence-electron chi connectivity index (χ3n) is 5.37. The molecule has 4 rings (SSSR count). The van der Waals surface area contributed by atoms with Crippen LogP contribution < -0.4 is 10.1 Å². The SMILES string of the molecule is COc1cc2ccccc2cc1C(=O)N[C@H]1C[C@H]2CC[C@H]1C2. The Labute approximate surface area is 130 Å². The fourth-order valence-electron chi connectivity index (χ4n) is 4.23. The molecule has 114 valence electrons. The highest BCUT2D eigenvalue weighted by Crippen LogP contribution is 2.44. The Kier molecular flexibility index (Phi) is 3.29. The van der Waals surface area contributed by atoms with Gasteiger partial charge in [-0.15, -0.1) is 0 Å². The first-order valence-corrected chi connectivity index (χ1v) is 8.12. The van der Waals surface area contributed by atoms with Crippen molar-refractivity contribution in [1.29, 1.82) is 0 Å². The summed E-state index contributed by atoms with van der Waals surface area (Å²) in [4.78, 5) is 12.7. The van der Waals surface area contributed by atoms with Crippen molar-refractivity contribution in [3.05, 3.63) is 42.0 Å². The van der Waals surface area contributed by atoms with Gasteiger partial charge in [0.25, 0.3) is 5.91 Å². The molecule has 3 atom stereocenters. The van der Waals surface area contributed by atoms with E-state index in [0.717, 1.165) is 23.1 Å². The molecule has 3 nitrogen and oxygen atoms in total. The molecule has 0 unspecified atom stereocenters. The molecule has 22 heavy (non-hydrogen) atoms. The molecule has 1 N–H and O–H groups in total. The van der Waals surface area contributed by atoms with Gasteiger partial charge in [0.2, 0.25) is 0 Å². The van der Waals surface area contributed by atoms with E-state index in [0.29, 0.717) is 23.3 Å². The van der Waals surface area contributed by atoms with Gasteiger partial charge in [-0.3, -0.25) is 4.79 Å². The average molecular weight is 295 g/mol. The van der Waals surface area contributed by atoms with Gasteiger partial charge in [-0.2, -0.15) is 0 Å². The molecule has 3 heteroatoms. The van der Waals surface area contributed by atoms with Gasteiger partial charge in [-0.25, -0.2) is 0 Å². The summed E-state index contributed by atoms with van der Waals surface area (Å²) in [5.74, 6) is 2.16. The normalized spacial score (nSPS) is 26.3. The van der Waals surface area contributed by atoms with Crippen LogP contribution >= 0.6 is 0 Å². The van der Waals surface area contributed by atoms with Gasteiger partial charge in [0.15, 0.2) is 0 Å². The predicted octanol–water partition coefficient (Wildman–Crippen LogP) is 3.77. The maximum absolute atomic E-state index is 12.7. The molecule has 2 fully saturated rings. The average Bonchev–Trinajstić information content (AvgIpc) is 3.16. The molecule has 2 aliphatic rings. The molecular formula is C19H21NO2. The zero-order chi connectivity index (χ0) is 15.1. The Morgan fingerprint density at radius 1 is 1.14 bits per heavy atom. The second kappa shape index (κ2) is 5.31. The first-order valence-electron chi connectivity index (χ1n) is 8.12. The van der Waals surface area contributed by atoms with Crippen LogP contribution in [0.4, 0.5) is 0 Å². The van der Waals surface area contributed by atoms with Gasteiger partial charge >= 0.3 is 0 Å². The first-order chi connectivity index (χ1) is 10.7. The molecule has 1 amide bonds. The zero-order valence-corrected chi connectivity index (χ0v) is 12.8. The lowest BCUT2D eigenvalue weighted by Crippen LogP contribution is -2.38. The van der Waals surface area contributed by atoms with Crippen LogP contribution in [0, 0.1) is 11.8 Å². The quantitative estimate of drug-likeness (QED) is 0.936. The van der Waals surface area contributed by atoms with Crippen LogP contribution in [0.5, 0.6) is 5.75 Å². The van der Waals surface area contributed by atoms with Crippen molar-refractivity contribution < 1.29 is 9.53 Å². The van der Waals surface area contributed by atoms with Crippen LogP contribution in [0.15, 0.2) is 36.4 Å². The summed E-state index contributed by atoms with van der Waals surface area (Å²) in [6.45, 7) is 0. The Balaban J connectivity index is 1.63. The van der Waals surface area contributed by atoms with E-state index in [2.05, 4.69) is 5.32 Å². The summed E-state index contributed by atoms with van der Waals surface area (Å²) in [5, 5.41) is 5.41. The number of amides is 1. The standard InChI is InChI=1S/C19H21NO2/c1-22-18-11-14-5-3-2-4-13(14)10-16(18)19(21)20-17-9-12-6-7-15(17)8-12/h2-5,10-12,15,17H,6-9H2,1H3,(H,20,21)/t12-,15-,17-/m0/s1. The summed E-state index contributed by atoms with van der Waals surface area (Å²) in [6.07, 6.45) is 5.05. The maximum atomic E-state index is 12.7. The van der Waals surface area contributed by atoms with Gasteiger partial charge in [-0.1, -0.05) is 30.7 Å². The number of ether oxygens (including phenoxy) is 1. The lowest BCUT2D eigenvalue weighted by atomic mass is 9.95. The van der Waals surface area contributed by atoms with Crippen LogP contribution in [-0.2, 0) is 0 Å². The largest absolute Gasteiger partial charge is 0.496 e. The van der Waals surface area contributed by atoms with Gasteiger partial charge in [0, 0.05) is 6.04 Å². The number of benzene rings is 2. The zero-order valence-electron chi connectivity index (χ0n) is 12.8. The topological polar surface area (TPSA) is 38.3 Å². The summed E-state index contributed by atoms with van der Waals surface area (Å²) in [6, 6.07) is 12.3. The van der Waals surface area contributed by atoms with E-state index in [1.165, 1.54) is 19.3 Å². The Morgan fingerprint density at radius 3 is 2.55 bits per heavy atom. The monoisotopic (exact) mass is 295 g/mol. The molecule has 0 saturated heterocycles. The van der Waals surface area contributed by atoms with Gasteiger partial charge in [0.05, 0.1) is 12.7 Å². The highest BCUT2D eigenvalue weighted by molar-refractivity contribution is 6.01. The third kappa shape index (κ3) is 2.25. The number of carbonyl (C=O) groups excluding carboxylic acids is 1. The van der Waals surface area contributed by atoms with Crippen molar-refractivity contribution in [2.24, 2.45) is 11.8 Å². The molecule has 0 spiro atoms. The molecule has 2 bridgehead atoms. The second-order valence-corrected chi connectivity index (χ2v) is 6.65. The summed E-state index contributed by atoms with van der Waals surface area (Å²) in [7, 11) is 1.62. The van der Waals surface area contributed by atoms with Crippen molar-refractivity contribution in [2.75, 3.05) is 7.11 Å². The molecule has 0 heterocycles. The van der Waals surface area contributed by atoms with Gasteiger partial charge in [-0.05, 0) is 54.0 Å². The van der Waals surface area contributed by atoms with Crippen LogP contribution in [0.1, 0.15) is 36.0 Å². The third-order valence-corrected chi connectivity index (χ3v) is 5.37. The number of hydrogen-bond donors (Lipinski definition) is 1. The minimum Gasteiger partial charge on any atom is -0.496 e. The molecule has 2 aliphatic carbocycles. The van der Waals surface area contributed by atoms with Gasteiger partial charge in [0.1, 0.15) is 5.75 Å². The van der Waals surface area contributed by atoms with Crippen LogP contribution in [-0.4, -0.2) is 19.1 Å². The molecule has 0 radical (unpaired) electrons. The van der Waals surface area contributed by atoms with E-state index in [9.17, 15) is 4.79 Å². The minimum atomic E-state index is 0.000142. The molecular weight excluding hydrogens is 274 g/mol. The summed E-state index contributed by atoms with van der Waals surface area (Å²) >= 11 is 0. The molecule has 2 saturated carbocycles. The lowest BCUT2D eigenvalue weighted by Gasteiger charge is -2.23. The number of fused-ring (bicyclic) bond motifs is 3. The summed E-state index contributed by atoms with van der Waals surface area (Å²) < 4.78 is 5.44. The van der Waals surface area contributed by atoms with E-state index in [1.54, 1.807) is 7.11 Å².